The van der Waals surface area contributed by atoms with Crippen LogP contribution in [-0.4, -0.2) is 77.2 Å². The Kier molecular flexibility index (Phi) is 5.25. The first kappa shape index (κ1) is 19.2. The van der Waals surface area contributed by atoms with Gasteiger partial charge < -0.3 is 9.80 Å². The van der Waals surface area contributed by atoms with Crippen molar-refractivity contribution < 1.29 is 4.79 Å². The third-order valence-electron chi connectivity index (χ3n) is 6.23. The lowest BCUT2D eigenvalue weighted by Gasteiger charge is -2.32. The topological polar surface area (TPSA) is 44.6 Å². The Morgan fingerprint density at radius 2 is 1.96 bits per heavy atom. The van der Waals surface area contributed by atoms with Gasteiger partial charge in [-0.2, -0.15) is 5.10 Å². The van der Waals surface area contributed by atoms with Gasteiger partial charge >= 0.3 is 0 Å². The van der Waals surface area contributed by atoms with Gasteiger partial charge in [0.05, 0.1) is 0 Å². The average molecular weight is 382 g/mol. The SMILES string of the molecule is CCn1nccc1C(=O)N1C[C@H]2CN(Cc3ccccc3)C[C@@]2(CN(C)C)C1. The third-order valence-corrected chi connectivity index (χ3v) is 6.23. The summed E-state index contributed by atoms with van der Waals surface area (Å²) < 4.78 is 1.80. The molecule has 0 N–H and O–H groups in total. The molecule has 6 heteroatoms. The fourth-order valence-electron chi connectivity index (χ4n) is 5.19. The number of aromatic nitrogens is 2. The second-order valence-corrected chi connectivity index (χ2v) is 8.67. The van der Waals surface area contributed by atoms with Gasteiger partial charge in [-0.05, 0) is 38.6 Å². The van der Waals surface area contributed by atoms with Gasteiger partial charge in [-0.15, -0.1) is 0 Å². The minimum Gasteiger partial charge on any atom is -0.336 e. The molecule has 1 aromatic heterocycles. The van der Waals surface area contributed by atoms with E-state index in [0.29, 0.717) is 11.6 Å². The molecule has 150 valence electrons. The van der Waals surface area contributed by atoms with Crippen molar-refractivity contribution in [2.75, 3.05) is 46.8 Å². The van der Waals surface area contributed by atoms with Gasteiger partial charge in [-0.1, -0.05) is 30.3 Å². The quantitative estimate of drug-likeness (QED) is 0.768. The fraction of sp³-hybridized carbons (Fsp3) is 0.545. The summed E-state index contributed by atoms with van der Waals surface area (Å²) in [6, 6.07) is 12.5. The predicted octanol–water partition coefficient (Wildman–Crippen LogP) is 2.04. The number of amides is 1. The number of nitrogens with zero attached hydrogens (tertiary/aromatic N) is 5. The molecule has 0 aliphatic carbocycles. The minimum atomic E-state index is 0.126. The van der Waals surface area contributed by atoms with Crippen molar-refractivity contribution in [3.8, 4) is 0 Å². The van der Waals surface area contributed by atoms with Crippen LogP contribution in [0.25, 0.3) is 0 Å². The summed E-state index contributed by atoms with van der Waals surface area (Å²) >= 11 is 0. The Morgan fingerprint density at radius 1 is 1.18 bits per heavy atom. The van der Waals surface area contributed by atoms with Crippen LogP contribution in [0.2, 0.25) is 0 Å². The molecule has 0 unspecified atom stereocenters. The second kappa shape index (κ2) is 7.68. The largest absolute Gasteiger partial charge is 0.336 e. The highest BCUT2D eigenvalue weighted by Gasteiger charge is 2.53. The fourth-order valence-corrected chi connectivity index (χ4v) is 5.19. The van der Waals surface area contributed by atoms with Crippen molar-refractivity contribution >= 4 is 5.91 Å². The molecule has 6 nitrogen and oxygen atoms in total. The van der Waals surface area contributed by atoms with E-state index in [2.05, 4.69) is 64.2 Å². The summed E-state index contributed by atoms with van der Waals surface area (Å²) in [7, 11) is 4.28. The molecule has 28 heavy (non-hydrogen) atoms. The van der Waals surface area contributed by atoms with Crippen LogP contribution in [0, 0.1) is 11.3 Å². The first-order valence-electron chi connectivity index (χ1n) is 10.2. The number of carbonyl (C=O) groups is 1. The molecule has 0 bridgehead atoms. The summed E-state index contributed by atoms with van der Waals surface area (Å²) in [6.07, 6.45) is 1.73. The molecule has 2 atom stereocenters. The van der Waals surface area contributed by atoms with E-state index in [1.54, 1.807) is 10.9 Å². The molecule has 0 saturated carbocycles. The minimum absolute atomic E-state index is 0.126. The van der Waals surface area contributed by atoms with E-state index in [4.69, 9.17) is 0 Å². The Bertz CT molecular complexity index is 817. The van der Waals surface area contributed by atoms with Crippen LogP contribution < -0.4 is 0 Å². The monoisotopic (exact) mass is 381 g/mol. The lowest BCUT2D eigenvalue weighted by molar-refractivity contribution is 0.0736. The van der Waals surface area contributed by atoms with Gasteiger partial charge in [0.25, 0.3) is 5.91 Å². The van der Waals surface area contributed by atoms with Crippen LogP contribution in [0.1, 0.15) is 23.0 Å². The molecule has 0 radical (unpaired) electrons. The van der Waals surface area contributed by atoms with E-state index in [9.17, 15) is 4.79 Å². The summed E-state index contributed by atoms with van der Waals surface area (Å²) in [5, 5.41) is 4.28. The highest BCUT2D eigenvalue weighted by molar-refractivity contribution is 5.92. The van der Waals surface area contributed by atoms with E-state index in [1.807, 2.05) is 13.0 Å². The van der Waals surface area contributed by atoms with Crippen LogP contribution in [0.5, 0.6) is 0 Å². The number of carbonyl (C=O) groups excluding carboxylic acids is 1. The van der Waals surface area contributed by atoms with Gasteiger partial charge in [0.2, 0.25) is 0 Å². The van der Waals surface area contributed by atoms with Gasteiger partial charge in [0.15, 0.2) is 0 Å². The van der Waals surface area contributed by atoms with Gasteiger partial charge in [0.1, 0.15) is 5.69 Å². The van der Waals surface area contributed by atoms with Crippen LogP contribution >= 0.6 is 0 Å². The summed E-state index contributed by atoms with van der Waals surface area (Å²) in [4.78, 5) is 20.1. The number of benzene rings is 1. The molecular formula is C22H31N5O. The molecule has 0 spiro atoms. The molecule has 1 aromatic carbocycles. The average Bonchev–Trinajstić information content (AvgIpc) is 3.33. The number of hydrogen-bond acceptors (Lipinski definition) is 4. The van der Waals surface area contributed by atoms with Crippen LogP contribution in [0.15, 0.2) is 42.6 Å². The zero-order chi connectivity index (χ0) is 19.7. The molecule has 1 amide bonds. The summed E-state index contributed by atoms with van der Waals surface area (Å²) in [5.74, 6) is 0.641. The van der Waals surface area contributed by atoms with Gasteiger partial charge in [0, 0.05) is 57.4 Å². The van der Waals surface area contributed by atoms with Crippen molar-refractivity contribution in [2.45, 2.75) is 20.0 Å². The van der Waals surface area contributed by atoms with Crippen molar-refractivity contribution in [2.24, 2.45) is 11.3 Å². The van der Waals surface area contributed by atoms with E-state index in [0.717, 1.165) is 45.8 Å². The molecule has 3 heterocycles. The Morgan fingerprint density at radius 3 is 2.68 bits per heavy atom. The number of hydrogen-bond donors (Lipinski definition) is 0. The molecule has 2 fully saturated rings. The maximum absolute atomic E-state index is 13.2. The van der Waals surface area contributed by atoms with Gasteiger partial charge in [-0.3, -0.25) is 14.4 Å². The normalized spacial score (nSPS) is 24.9. The van der Waals surface area contributed by atoms with Crippen LogP contribution in [0.4, 0.5) is 0 Å². The van der Waals surface area contributed by atoms with Crippen molar-refractivity contribution in [1.82, 2.24) is 24.5 Å². The number of fused-ring (bicyclic) bond motifs is 1. The molecule has 4 rings (SSSR count). The highest BCUT2D eigenvalue weighted by atomic mass is 16.2. The Hall–Kier alpha value is -2.18. The molecule has 2 aromatic rings. The smallest absolute Gasteiger partial charge is 0.272 e. The maximum atomic E-state index is 13.2. The lowest BCUT2D eigenvalue weighted by Crippen LogP contribution is -2.43. The second-order valence-electron chi connectivity index (χ2n) is 8.67. The lowest BCUT2D eigenvalue weighted by atomic mass is 9.80. The zero-order valence-electron chi connectivity index (χ0n) is 17.2. The first-order chi connectivity index (χ1) is 13.5. The standard InChI is InChI=1S/C22H31N5O/c1-4-27-20(10-11-23-27)21(28)26-14-19-13-25(12-18-8-6-5-7-9-18)16-22(19,17-26)15-24(2)3/h5-11,19H,4,12-17H2,1-3H3/t19-,22+/m1/s1. The van der Waals surface area contributed by atoms with Crippen molar-refractivity contribution in [1.29, 1.82) is 0 Å². The highest BCUT2D eigenvalue weighted by Crippen LogP contribution is 2.43. The van der Waals surface area contributed by atoms with E-state index >= 15 is 0 Å². The first-order valence-corrected chi connectivity index (χ1v) is 10.2. The Balaban J connectivity index is 1.50. The van der Waals surface area contributed by atoms with Crippen molar-refractivity contribution in [3.63, 3.8) is 0 Å². The van der Waals surface area contributed by atoms with E-state index < -0.39 is 0 Å². The van der Waals surface area contributed by atoms with Crippen LogP contribution in [-0.2, 0) is 13.1 Å². The third kappa shape index (κ3) is 3.59. The maximum Gasteiger partial charge on any atom is 0.272 e. The van der Waals surface area contributed by atoms with E-state index in [-0.39, 0.29) is 11.3 Å². The van der Waals surface area contributed by atoms with Crippen LogP contribution in [0.3, 0.4) is 0 Å². The molecule has 2 aliphatic heterocycles. The number of rotatable bonds is 6. The number of likely N-dealkylation sites (tertiary alicyclic amines) is 2. The molecule has 2 aliphatic rings. The zero-order valence-corrected chi connectivity index (χ0v) is 17.2. The molecule has 2 saturated heterocycles. The molecular weight excluding hydrogens is 350 g/mol. The van der Waals surface area contributed by atoms with Crippen molar-refractivity contribution in [3.05, 3.63) is 53.9 Å². The number of aryl methyl sites for hydroxylation is 1. The summed E-state index contributed by atoms with van der Waals surface area (Å²) in [5.41, 5.74) is 2.22. The van der Waals surface area contributed by atoms with E-state index in [1.165, 1.54) is 5.56 Å². The Labute approximate surface area is 167 Å². The van der Waals surface area contributed by atoms with Gasteiger partial charge in [-0.25, -0.2) is 0 Å². The predicted molar refractivity (Wildman–Crippen MR) is 110 cm³/mol. The summed E-state index contributed by atoms with van der Waals surface area (Å²) in [6.45, 7) is 8.52.